The van der Waals surface area contributed by atoms with Gasteiger partial charge < -0.3 is 0 Å². The molecule has 1 atom stereocenters. The molecule has 1 fully saturated rings. The van der Waals surface area contributed by atoms with Crippen LogP contribution in [0.2, 0.25) is 0 Å². The van der Waals surface area contributed by atoms with E-state index in [1.165, 1.54) is 44.3 Å². The van der Waals surface area contributed by atoms with Crippen LogP contribution in [0.4, 0.5) is 0 Å². The SMILES string of the molecule is SCCCC1CCCN(Cc2ccccc2)C1. The van der Waals surface area contributed by atoms with Crippen LogP contribution in [0.25, 0.3) is 0 Å². The van der Waals surface area contributed by atoms with Crippen LogP contribution in [0, 0.1) is 5.92 Å². The Hall–Kier alpha value is -0.470. The van der Waals surface area contributed by atoms with Crippen LogP contribution >= 0.6 is 12.6 Å². The summed E-state index contributed by atoms with van der Waals surface area (Å²) in [6, 6.07) is 10.8. The molecule has 0 bridgehead atoms. The summed E-state index contributed by atoms with van der Waals surface area (Å²) in [6.45, 7) is 3.67. The maximum absolute atomic E-state index is 4.31. The molecule has 2 heteroatoms. The lowest BCUT2D eigenvalue weighted by molar-refractivity contribution is 0.161. The van der Waals surface area contributed by atoms with Crippen LogP contribution in [0.5, 0.6) is 0 Å². The lowest BCUT2D eigenvalue weighted by atomic mass is 9.93. The van der Waals surface area contributed by atoms with Crippen molar-refractivity contribution in [2.75, 3.05) is 18.8 Å². The predicted molar refractivity (Wildman–Crippen MR) is 77.5 cm³/mol. The monoisotopic (exact) mass is 249 g/mol. The summed E-state index contributed by atoms with van der Waals surface area (Å²) < 4.78 is 0. The smallest absolute Gasteiger partial charge is 0.0233 e. The van der Waals surface area contributed by atoms with Crippen molar-refractivity contribution in [2.45, 2.75) is 32.2 Å². The van der Waals surface area contributed by atoms with Crippen molar-refractivity contribution < 1.29 is 0 Å². The molecule has 1 aromatic rings. The van der Waals surface area contributed by atoms with Gasteiger partial charge in [-0.05, 0) is 49.5 Å². The van der Waals surface area contributed by atoms with Crippen molar-refractivity contribution in [1.82, 2.24) is 4.90 Å². The predicted octanol–water partition coefficient (Wildman–Crippen LogP) is 3.61. The first-order chi connectivity index (χ1) is 8.38. The summed E-state index contributed by atoms with van der Waals surface area (Å²) in [5.74, 6) is 1.94. The molecule has 1 aromatic carbocycles. The minimum Gasteiger partial charge on any atom is -0.299 e. The van der Waals surface area contributed by atoms with Gasteiger partial charge in [0, 0.05) is 13.1 Å². The maximum Gasteiger partial charge on any atom is 0.0233 e. The molecule has 1 saturated heterocycles. The van der Waals surface area contributed by atoms with Crippen LogP contribution in [0.1, 0.15) is 31.2 Å². The minimum atomic E-state index is 0.902. The summed E-state index contributed by atoms with van der Waals surface area (Å²) in [5, 5.41) is 0. The van der Waals surface area contributed by atoms with E-state index in [1.807, 2.05) is 0 Å². The van der Waals surface area contributed by atoms with E-state index in [0.717, 1.165) is 18.2 Å². The van der Waals surface area contributed by atoms with E-state index < -0.39 is 0 Å². The number of rotatable bonds is 5. The number of nitrogens with zero attached hydrogens (tertiary/aromatic N) is 1. The van der Waals surface area contributed by atoms with E-state index in [9.17, 15) is 0 Å². The van der Waals surface area contributed by atoms with Gasteiger partial charge in [-0.15, -0.1) is 0 Å². The first-order valence-corrected chi connectivity index (χ1v) is 7.39. The van der Waals surface area contributed by atoms with Crippen molar-refractivity contribution >= 4 is 12.6 Å². The number of benzene rings is 1. The third-order valence-corrected chi connectivity index (χ3v) is 3.94. The molecule has 0 aromatic heterocycles. The van der Waals surface area contributed by atoms with Gasteiger partial charge in [0.05, 0.1) is 0 Å². The van der Waals surface area contributed by atoms with E-state index in [1.54, 1.807) is 0 Å². The molecular weight excluding hydrogens is 226 g/mol. The average molecular weight is 249 g/mol. The maximum atomic E-state index is 4.31. The fourth-order valence-corrected chi connectivity index (χ4v) is 2.93. The Labute approximate surface area is 111 Å². The van der Waals surface area contributed by atoms with Gasteiger partial charge in [-0.25, -0.2) is 0 Å². The highest BCUT2D eigenvalue weighted by Gasteiger charge is 2.19. The van der Waals surface area contributed by atoms with Crippen molar-refractivity contribution in [3.63, 3.8) is 0 Å². The summed E-state index contributed by atoms with van der Waals surface area (Å²) in [5.41, 5.74) is 1.45. The van der Waals surface area contributed by atoms with Crippen LogP contribution in [0.15, 0.2) is 30.3 Å². The van der Waals surface area contributed by atoms with Gasteiger partial charge in [0.1, 0.15) is 0 Å². The molecule has 0 N–H and O–H groups in total. The highest BCUT2D eigenvalue weighted by Crippen LogP contribution is 2.22. The minimum absolute atomic E-state index is 0.902. The highest BCUT2D eigenvalue weighted by atomic mass is 32.1. The topological polar surface area (TPSA) is 3.24 Å². The Morgan fingerprint density at radius 1 is 1.24 bits per heavy atom. The molecule has 2 rings (SSSR count). The number of thiol groups is 1. The second-order valence-corrected chi connectivity index (χ2v) is 5.54. The molecule has 1 nitrogen and oxygen atoms in total. The fourth-order valence-electron chi connectivity index (χ4n) is 2.75. The zero-order valence-corrected chi connectivity index (χ0v) is 11.4. The average Bonchev–Trinajstić information content (AvgIpc) is 2.38. The van der Waals surface area contributed by atoms with Crippen LogP contribution < -0.4 is 0 Å². The van der Waals surface area contributed by atoms with Gasteiger partial charge in [-0.1, -0.05) is 30.3 Å². The molecule has 94 valence electrons. The summed E-state index contributed by atoms with van der Waals surface area (Å²) in [4.78, 5) is 2.61. The summed E-state index contributed by atoms with van der Waals surface area (Å²) in [7, 11) is 0. The van der Waals surface area contributed by atoms with Gasteiger partial charge in [-0.2, -0.15) is 12.6 Å². The summed E-state index contributed by atoms with van der Waals surface area (Å²) >= 11 is 4.31. The highest BCUT2D eigenvalue weighted by molar-refractivity contribution is 7.80. The van der Waals surface area contributed by atoms with E-state index in [-0.39, 0.29) is 0 Å². The van der Waals surface area contributed by atoms with Crippen molar-refractivity contribution in [1.29, 1.82) is 0 Å². The Morgan fingerprint density at radius 2 is 2.06 bits per heavy atom. The van der Waals surface area contributed by atoms with Gasteiger partial charge in [0.2, 0.25) is 0 Å². The Kier molecular flexibility index (Phi) is 5.40. The molecule has 0 spiro atoms. The van der Waals surface area contributed by atoms with E-state index >= 15 is 0 Å². The second kappa shape index (κ2) is 7.07. The summed E-state index contributed by atoms with van der Waals surface area (Å²) in [6.07, 6.45) is 5.41. The Balaban J connectivity index is 1.81. The Morgan fingerprint density at radius 3 is 2.82 bits per heavy atom. The number of likely N-dealkylation sites (tertiary alicyclic amines) is 1. The van der Waals surface area contributed by atoms with Crippen LogP contribution in [0.3, 0.4) is 0 Å². The van der Waals surface area contributed by atoms with E-state index in [0.29, 0.717) is 0 Å². The quantitative estimate of drug-likeness (QED) is 0.780. The molecule has 1 aliphatic rings. The lowest BCUT2D eigenvalue weighted by Gasteiger charge is -2.32. The third-order valence-electron chi connectivity index (χ3n) is 3.62. The van der Waals surface area contributed by atoms with Gasteiger partial charge in [-0.3, -0.25) is 4.90 Å². The van der Waals surface area contributed by atoms with Crippen molar-refractivity contribution in [2.24, 2.45) is 5.92 Å². The molecule has 0 radical (unpaired) electrons. The molecule has 1 heterocycles. The second-order valence-electron chi connectivity index (χ2n) is 5.09. The number of hydrogen-bond acceptors (Lipinski definition) is 2. The fraction of sp³-hybridized carbons (Fsp3) is 0.600. The van der Waals surface area contributed by atoms with Crippen molar-refractivity contribution in [3.05, 3.63) is 35.9 Å². The molecule has 0 amide bonds. The zero-order valence-electron chi connectivity index (χ0n) is 10.5. The molecular formula is C15H23NS. The molecule has 0 aliphatic carbocycles. The molecule has 0 saturated carbocycles. The third kappa shape index (κ3) is 4.36. The molecule has 17 heavy (non-hydrogen) atoms. The van der Waals surface area contributed by atoms with Gasteiger partial charge in [0.15, 0.2) is 0 Å². The first-order valence-electron chi connectivity index (χ1n) is 6.75. The number of piperidine rings is 1. The van der Waals surface area contributed by atoms with Crippen molar-refractivity contribution in [3.8, 4) is 0 Å². The molecule has 1 unspecified atom stereocenters. The number of hydrogen-bond donors (Lipinski definition) is 1. The normalized spacial score (nSPS) is 21.6. The van der Waals surface area contributed by atoms with Gasteiger partial charge >= 0.3 is 0 Å². The van der Waals surface area contributed by atoms with Crippen LogP contribution in [-0.2, 0) is 6.54 Å². The first kappa shape index (κ1) is 13.0. The van der Waals surface area contributed by atoms with E-state index in [4.69, 9.17) is 0 Å². The largest absolute Gasteiger partial charge is 0.299 e. The van der Waals surface area contributed by atoms with Crippen LogP contribution in [-0.4, -0.2) is 23.7 Å². The van der Waals surface area contributed by atoms with E-state index in [2.05, 4.69) is 47.9 Å². The standard InChI is InChI=1S/C15H23NS/c17-11-5-9-15-8-4-10-16(13-15)12-14-6-2-1-3-7-14/h1-3,6-7,15,17H,4-5,8-13H2. The Bertz CT molecular complexity index is 312. The molecule has 1 aliphatic heterocycles. The van der Waals surface area contributed by atoms with Gasteiger partial charge in [0.25, 0.3) is 0 Å². The zero-order chi connectivity index (χ0) is 11.9. The lowest BCUT2D eigenvalue weighted by Crippen LogP contribution is -2.34.